The summed E-state index contributed by atoms with van der Waals surface area (Å²) in [6.07, 6.45) is 0. The zero-order valence-corrected chi connectivity index (χ0v) is 14.5. The summed E-state index contributed by atoms with van der Waals surface area (Å²) in [5.74, 6) is -1.21. The Morgan fingerprint density at radius 3 is 2.54 bits per heavy atom. The van der Waals surface area contributed by atoms with E-state index in [4.69, 9.17) is 9.84 Å². The zero-order chi connectivity index (χ0) is 18.3. The van der Waals surface area contributed by atoms with Gasteiger partial charge in [0.1, 0.15) is 11.8 Å². The van der Waals surface area contributed by atoms with E-state index in [0.29, 0.717) is 5.75 Å². The molecule has 24 heavy (non-hydrogen) atoms. The Kier molecular flexibility index (Phi) is 7.23. The van der Waals surface area contributed by atoms with Crippen LogP contribution in [0, 0.1) is 13.8 Å². The fourth-order valence-electron chi connectivity index (χ4n) is 2.11. The Hall–Kier alpha value is -2.57. The molecule has 132 valence electrons. The van der Waals surface area contributed by atoms with Crippen molar-refractivity contribution in [2.75, 3.05) is 19.7 Å². The van der Waals surface area contributed by atoms with Gasteiger partial charge in [-0.15, -0.1) is 0 Å². The summed E-state index contributed by atoms with van der Waals surface area (Å²) in [4.78, 5) is 35.7. The largest absolute Gasteiger partial charge is 0.483 e. The molecule has 0 saturated carbocycles. The molecular weight excluding hydrogens is 312 g/mol. The van der Waals surface area contributed by atoms with Crippen LogP contribution in [0.1, 0.15) is 25.0 Å². The molecule has 0 aliphatic rings. The number of carboxylic acid groups (broad SMARTS) is 1. The van der Waals surface area contributed by atoms with E-state index < -0.39 is 17.9 Å². The molecule has 0 fully saturated rings. The van der Waals surface area contributed by atoms with Crippen molar-refractivity contribution in [3.8, 4) is 5.75 Å². The minimum Gasteiger partial charge on any atom is -0.483 e. The summed E-state index contributed by atoms with van der Waals surface area (Å²) in [6.45, 7) is 6.59. The third kappa shape index (κ3) is 5.91. The molecule has 1 aromatic rings. The van der Waals surface area contributed by atoms with E-state index in [1.165, 1.54) is 18.7 Å². The first-order valence-corrected chi connectivity index (χ1v) is 7.69. The Morgan fingerprint density at radius 2 is 1.96 bits per heavy atom. The van der Waals surface area contributed by atoms with Crippen LogP contribution in [-0.4, -0.2) is 53.5 Å². The van der Waals surface area contributed by atoms with Crippen LogP contribution in [0.2, 0.25) is 0 Å². The number of carboxylic acids is 1. The molecule has 7 heteroatoms. The predicted octanol–water partition coefficient (Wildman–Crippen LogP) is 1.12. The van der Waals surface area contributed by atoms with Crippen molar-refractivity contribution in [1.82, 2.24) is 10.2 Å². The van der Waals surface area contributed by atoms with Crippen LogP contribution in [0.15, 0.2) is 18.2 Å². The van der Waals surface area contributed by atoms with Crippen molar-refractivity contribution in [2.45, 2.75) is 33.7 Å². The number of amides is 2. The molecule has 2 N–H and O–H groups in total. The minimum atomic E-state index is -1.11. The number of aliphatic carboxylic acids is 1. The molecule has 0 radical (unpaired) electrons. The number of carbonyl (C=O) groups excluding carboxylic acids is 2. The highest BCUT2D eigenvalue weighted by atomic mass is 16.5. The number of nitrogens with one attached hydrogen (secondary N) is 1. The van der Waals surface area contributed by atoms with Gasteiger partial charge in [0, 0.05) is 20.0 Å². The third-order valence-electron chi connectivity index (χ3n) is 3.57. The van der Waals surface area contributed by atoms with E-state index in [9.17, 15) is 14.4 Å². The molecular formula is C17H24N2O5. The summed E-state index contributed by atoms with van der Waals surface area (Å²) in [6, 6.07) is 4.65. The second-order valence-electron chi connectivity index (χ2n) is 5.64. The number of ether oxygens (including phenoxy) is 1. The van der Waals surface area contributed by atoms with Crippen LogP contribution in [0.5, 0.6) is 5.75 Å². The Bertz CT molecular complexity index is 615. The summed E-state index contributed by atoms with van der Waals surface area (Å²) in [5.41, 5.74) is 1.90. The molecule has 1 rings (SSSR count). The Labute approximate surface area is 141 Å². The number of hydrogen-bond acceptors (Lipinski definition) is 4. The van der Waals surface area contributed by atoms with E-state index in [2.05, 4.69) is 5.32 Å². The Morgan fingerprint density at radius 1 is 1.29 bits per heavy atom. The number of nitrogens with zero attached hydrogens (tertiary/aromatic N) is 1. The molecule has 2 amide bonds. The molecule has 0 bridgehead atoms. The van der Waals surface area contributed by atoms with Crippen LogP contribution in [-0.2, 0) is 14.4 Å². The van der Waals surface area contributed by atoms with Crippen molar-refractivity contribution >= 4 is 17.8 Å². The first-order chi connectivity index (χ1) is 11.2. The third-order valence-corrected chi connectivity index (χ3v) is 3.57. The zero-order valence-electron chi connectivity index (χ0n) is 14.5. The van der Waals surface area contributed by atoms with Gasteiger partial charge in [0.15, 0.2) is 6.61 Å². The maximum absolute atomic E-state index is 12.4. The van der Waals surface area contributed by atoms with Gasteiger partial charge in [-0.05, 0) is 38.0 Å². The average Bonchev–Trinajstić information content (AvgIpc) is 2.51. The number of hydrogen-bond donors (Lipinski definition) is 2. The lowest BCUT2D eigenvalue weighted by Gasteiger charge is -2.26. The highest BCUT2D eigenvalue weighted by Gasteiger charge is 2.25. The van der Waals surface area contributed by atoms with Gasteiger partial charge in [-0.1, -0.05) is 12.1 Å². The lowest BCUT2D eigenvalue weighted by molar-refractivity contribution is -0.150. The van der Waals surface area contributed by atoms with E-state index in [-0.39, 0.29) is 25.6 Å². The van der Waals surface area contributed by atoms with Crippen LogP contribution >= 0.6 is 0 Å². The van der Waals surface area contributed by atoms with Crippen LogP contribution in [0.25, 0.3) is 0 Å². The van der Waals surface area contributed by atoms with Gasteiger partial charge >= 0.3 is 5.97 Å². The lowest BCUT2D eigenvalue weighted by Crippen LogP contribution is -2.48. The molecule has 0 aromatic heterocycles. The highest BCUT2D eigenvalue weighted by Crippen LogP contribution is 2.19. The summed E-state index contributed by atoms with van der Waals surface area (Å²) >= 11 is 0. The van der Waals surface area contributed by atoms with E-state index in [1.54, 1.807) is 0 Å². The predicted molar refractivity (Wildman–Crippen MR) is 88.9 cm³/mol. The normalized spacial score (nSPS) is 11.5. The smallest absolute Gasteiger partial charge is 0.326 e. The topological polar surface area (TPSA) is 95.9 Å². The molecule has 1 atom stereocenters. The second-order valence-corrected chi connectivity index (χ2v) is 5.64. The van der Waals surface area contributed by atoms with Crippen LogP contribution in [0.4, 0.5) is 0 Å². The number of aryl methyl sites for hydroxylation is 2. The SMILES string of the molecule is CC(=O)NCCN(C(=O)COc1cc(C)ccc1C)C(C)C(=O)O. The van der Waals surface area contributed by atoms with E-state index in [0.717, 1.165) is 11.1 Å². The molecule has 0 heterocycles. The number of carbonyl (C=O) groups is 3. The molecule has 7 nitrogen and oxygen atoms in total. The van der Waals surface area contributed by atoms with Crippen LogP contribution in [0.3, 0.4) is 0 Å². The molecule has 1 aromatic carbocycles. The number of benzene rings is 1. The first-order valence-electron chi connectivity index (χ1n) is 7.69. The second kappa shape index (κ2) is 8.90. The van der Waals surface area contributed by atoms with Gasteiger partial charge in [0.2, 0.25) is 5.91 Å². The molecule has 0 spiro atoms. The molecule has 0 saturated heterocycles. The molecule has 0 aliphatic heterocycles. The first kappa shape index (κ1) is 19.5. The minimum absolute atomic E-state index is 0.0992. The fourth-order valence-corrected chi connectivity index (χ4v) is 2.11. The van der Waals surface area contributed by atoms with Gasteiger partial charge < -0.3 is 20.1 Å². The van der Waals surface area contributed by atoms with Crippen molar-refractivity contribution in [1.29, 1.82) is 0 Å². The standard InChI is InChI=1S/C17H24N2O5/c1-11-5-6-12(2)15(9-11)24-10-16(21)19(13(3)17(22)23)8-7-18-14(4)20/h5-6,9,13H,7-8,10H2,1-4H3,(H,18,20)(H,22,23). The Balaban J connectivity index is 2.74. The van der Waals surface area contributed by atoms with Crippen molar-refractivity contribution in [3.63, 3.8) is 0 Å². The van der Waals surface area contributed by atoms with E-state index >= 15 is 0 Å². The van der Waals surface area contributed by atoms with Gasteiger partial charge in [-0.3, -0.25) is 9.59 Å². The van der Waals surface area contributed by atoms with Crippen molar-refractivity contribution in [2.24, 2.45) is 0 Å². The lowest BCUT2D eigenvalue weighted by atomic mass is 10.1. The van der Waals surface area contributed by atoms with Crippen molar-refractivity contribution in [3.05, 3.63) is 29.3 Å². The molecule has 1 unspecified atom stereocenters. The maximum Gasteiger partial charge on any atom is 0.326 e. The monoisotopic (exact) mass is 336 g/mol. The summed E-state index contributed by atoms with van der Waals surface area (Å²) < 4.78 is 5.55. The maximum atomic E-state index is 12.4. The highest BCUT2D eigenvalue weighted by molar-refractivity contribution is 5.84. The van der Waals surface area contributed by atoms with Gasteiger partial charge in [0.05, 0.1) is 0 Å². The number of rotatable bonds is 8. The van der Waals surface area contributed by atoms with E-state index in [1.807, 2.05) is 32.0 Å². The quantitative estimate of drug-likeness (QED) is 0.742. The van der Waals surface area contributed by atoms with Crippen molar-refractivity contribution < 1.29 is 24.2 Å². The summed E-state index contributed by atoms with van der Waals surface area (Å²) in [5, 5.41) is 11.7. The molecule has 0 aliphatic carbocycles. The van der Waals surface area contributed by atoms with Gasteiger partial charge in [-0.2, -0.15) is 0 Å². The average molecular weight is 336 g/mol. The van der Waals surface area contributed by atoms with Gasteiger partial charge in [0.25, 0.3) is 5.91 Å². The van der Waals surface area contributed by atoms with Gasteiger partial charge in [-0.25, -0.2) is 4.79 Å². The van der Waals surface area contributed by atoms with Crippen LogP contribution < -0.4 is 10.1 Å². The summed E-state index contributed by atoms with van der Waals surface area (Å²) in [7, 11) is 0. The fraction of sp³-hybridized carbons (Fsp3) is 0.471.